The Morgan fingerprint density at radius 3 is 2.90 bits per heavy atom. The third kappa shape index (κ3) is 3.35. The van der Waals surface area contributed by atoms with Crippen LogP contribution in [0.5, 0.6) is 11.5 Å². The number of fused-ring (bicyclic) bond motifs is 4. The second-order valence-electron chi connectivity index (χ2n) is 7.40. The van der Waals surface area contributed by atoms with Crippen LogP contribution in [0.3, 0.4) is 0 Å². The quantitative estimate of drug-likeness (QED) is 0.492. The highest BCUT2D eigenvalue weighted by molar-refractivity contribution is 8.00. The van der Waals surface area contributed by atoms with Crippen molar-refractivity contribution in [2.75, 3.05) is 18.5 Å². The van der Waals surface area contributed by atoms with E-state index in [-0.39, 0.29) is 11.5 Å². The highest BCUT2D eigenvalue weighted by Crippen LogP contribution is 2.36. The van der Waals surface area contributed by atoms with Gasteiger partial charge < -0.3 is 14.8 Å². The Balaban J connectivity index is 1.35. The topological polar surface area (TPSA) is 82.5 Å². The fourth-order valence-corrected chi connectivity index (χ4v) is 5.96. The predicted molar refractivity (Wildman–Crippen MR) is 118 cm³/mol. The number of thioether (sulfide) groups is 1. The number of anilines is 1. The summed E-state index contributed by atoms with van der Waals surface area (Å²) < 4.78 is 12.6. The second-order valence-corrected chi connectivity index (χ2v) is 9.80. The maximum atomic E-state index is 12.9. The lowest BCUT2D eigenvalue weighted by Crippen LogP contribution is -2.25. The van der Waals surface area contributed by atoms with E-state index < -0.39 is 5.25 Å². The average molecular weight is 444 g/mol. The van der Waals surface area contributed by atoms with Crippen LogP contribution < -0.4 is 20.3 Å². The number of aromatic nitrogens is 2. The van der Waals surface area contributed by atoms with E-state index in [2.05, 4.69) is 5.32 Å². The van der Waals surface area contributed by atoms with Crippen molar-refractivity contribution in [2.24, 2.45) is 7.05 Å². The van der Waals surface area contributed by atoms with Crippen LogP contribution in [0.2, 0.25) is 0 Å². The fraction of sp³-hybridized carbons (Fsp3) is 0.381. The van der Waals surface area contributed by atoms with Gasteiger partial charge in [-0.15, -0.1) is 11.3 Å². The Hall–Kier alpha value is -2.52. The molecule has 0 saturated heterocycles. The van der Waals surface area contributed by atoms with Crippen LogP contribution in [0.4, 0.5) is 5.69 Å². The maximum absolute atomic E-state index is 12.9. The number of hydrogen-bond donors (Lipinski definition) is 1. The van der Waals surface area contributed by atoms with Gasteiger partial charge in [0.05, 0.1) is 10.6 Å². The molecular formula is C21H21N3O4S2. The molecule has 0 spiro atoms. The highest BCUT2D eigenvalue weighted by Gasteiger charge is 2.24. The molecule has 1 aromatic carbocycles. The van der Waals surface area contributed by atoms with Gasteiger partial charge in [0.2, 0.25) is 5.91 Å². The lowest BCUT2D eigenvalue weighted by molar-refractivity contribution is -0.115. The normalized spacial score (nSPS) is 15.8. The van der Waals surface area contributed by atoms with Gasteiger partial charge in [-0.1, -0.05) is 11.8 Å². The minimum absolute atomic E-state index is 0.0265. The monoisotopic (exact) mass is 443 g/mol. The molecule has 0 unspecified atom stereocenters. The van der Waals surface area contributed by atoms with Gasteiger partial charge in [0.15, 0.2) is 16.7 Å². The van der Waals surface area contributed by atoms with Crippen LogP contribution in [-0.2, 0) is 24.7 Å². The van der Waals surface area contributed by atoms with Crippen molar-refractivity contribution in [3.8, 4) is 11.5 Å². The van der Waals surface area contributed by atoms with Crippen LogP contribution >= 0.6 is 23.1 Å². The van der Waals surface area contributed by atoms with E-state index in [1.54, 1.807) is 41.2 Å². The van der Waals surface area contributed by atoms with Crippen molar-refractivity contribution in [1.82, 2.24) is 9.55 Å². The van der Waals surface area contributed by atoms with Crippen molar-refractivity contribution in [3.05, 3.63) is 39.0 Å². The number of nitrogens with zero attached hydrogens (tertiary/aromatic N) is 2. The van der Waals surface area contributed by atoms with Gasteiger partial charge in [-0.3, -0.25) is 14.2 Å². The summed E-state index contributed by atoms with van der Waals surface area (Å²) >= 11 is 2.90. The molecule has 1 N–H and O–H groups in total. The first-order valence-corrected chi connectivity index (χ1v) is 11.6. The minimum atomic E-state index is -0.430. The van der Waals surface area contributed by atoms with Crippen molar-refractivity contribution in [1.29, 1.82) is 0 Å². The molecule has 0 radical (unpaired) electrons. The Kier molecular flexibility index (Phi) is 4.94. The van der Waals surface area contributed by atoms with Gasteiger partial charge in [-0.2, -0.15) is 0 Å². The summed E-state index contributed by atoms with van der Waals surface area (Å²) in [6.45, 7) is 2.82. The largest absolute Gasteiger partial charge is 0.486 e. The number of ether oxygens (including phenoxy) is 2. The molecule has 0 bridgehead atoms. The molecule has 9 heteroatoms. The summed E-state index contributed by atoms with van der Waals surface area (Å²) in [5.41, 5.74) is 1.79. The molecule has 3 aromatic rings. The highest BCUT2D eigenvalue weighted by atomic mass is 32.2. The summed E-state index contributed by atoms with van der Waals surface area (Å²) in [7, 11) is 1.72. The number of thiophene rings is 1. The summed E-state index contributed by atoms with van der Waals surface area (Å²) in [6, 6.07) is 5.34. The van der Waals surface area contributed by atoms with E-state index in [1.807, 2.05) is 6.92 Å². The summed E-state index contributed by atoms with van der Waals surface area (Å²) in [5, 5.41) is 3.79. The van der Waals surface area contributed by atoms with Gasteiger partial charge in [0.1, 0.15) is 18.0 Å². The number of nitrogens with one attached hydrogen (secondary N) is 1. The van der Waals surface area contributed by atoms with E-state index in [1.165, 1.54) is 22.2 Å². The molecule has 30 heavy (non-hydrogen) atoms. The molecule has 1 atom stereocenters. The molecule has 2 aromatic heterocycles. The zero-order valence-electron chi connectivity index (χ0n) is 16.7. The van der Waals surface area contributed by atoms with Crippen molar-refractivity contribution >= 4 is 44.9 Å². The summed E-state index contributed by atoms with van der Waals surface area (Å²) in [6.07, 6.45) is 3.08. The first-order chi connectivity index (χ1) is 14.5. The van der Waals surface area contributed by atoms with E-state index >= 15 is 0 Å². The molecule has 156 valence electrons. The number of benzene rings is 1. The smallest absolute Gasteiger partial charge is 0.262 e. The van der Waals surface area contributed by atoms with E-state index in [9.17, 15) is 9.59 Å². The number of hydrogen-bond acceptors (Lipinski definition) is 7. The minimum Gasteiger partial charge on any atom is -0.486 e. The van der Waals surface area contributed by atoms with Crippen molar-refractivity contribution < 1.29 is 14.3 Å². The Morgan fingerprint density at radius 1 is 1.27 bits per heavy atom. The molecule has 0 saturated carbocycles. The molecule has 0 fully saturated rings. The van der Waals surface area contributed by atoms with Crippen LogP contribution in [0.1, 0.15) is 23.8 Å². The number of carbonyl (C=O) groups is 1. The molecule has 5 rings (SSSR count). The van der Waals surface area contributed by atoms with E-state index in [0.717, 1.165) is 29.5 Å². The molecule has 1 aliphatic heterocycles. The average Bonchev–Trinajstić information content (AvgIpc) is 3.32. The van der Waals surface area contributed by atoms with Crippen LogP contribution in [0.25, 0.3) is 10.2 Å². The second kappa shape index (κ2) is 7.63. The number of amides is 1. The zero-order chi connectivity index (χ0) is 20.8. The van der Waals surface area contributed by atoms with Crippen molar-refractivity contribution in [3.63, 3.8) is 0 Å². The van der Waals surface area contributed by atoms with Crippen LogP contribution in [0.15, 0.2) is 28.2 Å². The Labute approximate surface area is 181 Å². The van der Waals surface area contributed by atoms with Gasteiger partial charge in [-0.25, -0.2) is 4.98 Å². The molecule has 3 heterocycles. The maximum Gasteiger partial charge on any atom is 0.262 e. The lowest BCUT2D eigenvalue weighted by Gasteiger charge is -2.19. The standard InChI is InChI=1S/C21H21N3O4S2/c1-11(18(25)22-12-6-7-14-15(10-12)28-9-8-27-14)29-21-23-19-17(20(26)24(21)2)13-4-3-5-16(13)30-19/h6-7,10-11H,3-5,8-9H2,1-2H3,(H,22,25)/t11-/m0/s1. The van der Waals surface area contributed by atoms with Crippen molar-refractivity contribution in [2.45, 2.75) is 36.6 Å². The number of rotatable bonds is 4. The van der Waals surface area contributed by atoms with Gasteiger partial charge >= 0.3 is 0 Å². The number of aryl methyl sites for hydroxylation is 2. The predicted octanol–water partition coefficient (Wildman–Crippen LogP) is 3.37. The molecule has 7 nitrogen and oxygen atoms in total. The van der Waals surface area contributed by atoms with Gasteiger partial charge in [0, 0.05) is 23.7 Å². The summed E-state index contributed by atoms with van der Waals surface area (Å²) in [5.74, 6) is 1.14. The number of carbonyl (C=O) groups excluding carboxylic acids is 1. The van der Waals surface area contributed by atoms with E-state index in [0.29, 0.717) is 35.6 Å². The molecule has 2 aliphatic rings. The van der Waals surface area contributed by atoms with Crippen LogP contribution in [-0.4, -0.2) is 33.9 Å². The Morgan fingerprint density at radius 2 is 2.07 bits per heavy atom. The van der Waals surface area contributed by atoms with Crippen LogP contribution in [0, 0.1) is 0 Å². The zero-order valence-corrected chi connectivity index (χ0v) is 18.3. The third-order valence-corrected chi connectivity index (χ3v) is 7.70. The molecule has 1 aliphatic carbocycles. The summed E-state index contributed by atoms with van der Waals surface area (Å²) in [4.78, 5) is 32.5. The van der Waals surface area contributed by atoms with E-state index in [4.69, 9.17) is 14.5 Å². The van der Waals surface area contributed by atoms with Gasteiger partial charge in [-0.05, 0) is 43.9 Å². The lowest BCUT2D eigenvalue weighted by atomic mass is 10.2. The Bertz CT molecular complexity index is 1220. The van der Waals surface area contributed by atoms with Gasteiger partial charge in [0.25, 0.3) is 5.56 Å². The molecule has 1 amide bonds. The molecular weight excluding hydrogens is 422 g/mol. The third-order valence-electron chi connectivity index (χ3n) is 5.37. The first kappa shape index (κ1) is 19.4. The fourth-order valence-electron chi connectivity index (χ4n) is 3.79. The SMILES string of the molecule is C[C@H](Sc1nc2sc3c(c2c(=O)n1C)CCC3)C(=O)Nc1ccc2c(c1)OCCO2. The first-order valence-electron chi connectivity index (χ1n) is 9.89.